The predicted molar refractivity (Wildman–Crippen MR) is 76.7 cm³/mol. The van der Waals surface area contributed by atoms with Gasteiger partial charge < -0.3 is 5.11 Å². The Hall–Kier alpha value is -2.35. The molecule has 0 saturated carbocycles. The number of aryl methyl sites for hydroxylation is 2. The standard InChI is InChI=1S/C12H14N4O3S/c1-5-4-13-16-9(5)14-12(19)15-10-8(11(17)18)6(2)7(3)20-10/h4H,1-3H3,(H,17,18)(H3,13,14,15,16,19). The fourth-order valence-corrected chi connectivity index (χ4v) is 2.74. The molecule has 0 atom stereocenters. The average Bonchev–Trinajstić information content (AvgIpc) is 2.85. The predicted octanol–water partition coefficient (Wildman–Crippen LogP) is 2.74. The second kappa shape index (κ2) is 5.33. The topological polar surface area (TPSA) is 107 Å². The molecule has 0 bridgehead atoms. The van der Waals surface area contributed by atoms with Gasteiger partial charge in [0.25, 0.3) is 0 Å². The molecule has 8 heteroatoms. The maximum Gasteiger partial charge on any atom is 0.338 e. The van der Waals surface area contributed by atoms with Crippen LogP contribution in [0.3, 0.4) is 0 Å². The third-order valence-corrected chi connectivity index (χ3v) is 4.02. The lowest BCUT2D eigenvalue weighted by atomic mass is 10.1. The Morgan fingerprint density at radius 1 is 1.30 bits per heavy atom. The van der Waals surface area contributed by atoms with Crippen LogP contribution in [-0.2, 0) is 0 Å². The Morgan fingerprint density at radius 3 is 2.55 bits per heavy atom. The molecule has 2 aromatic rings. The molecule has 0 radical (unpaired) electrons. The Balaban J connectivity index is 2.18. The van der Waals surface area contributed by atoms with Crippen LogP contribution in [-0.4, -0.2) is 27.3 Å². The maximum absolute atomic E-state index is 11.9. The second-order valence-corrected chi connectivity index (χ2v) is 5.52. The number of thiophene rings is 1. The number of anilines is 2. The average molecular weight is 294 g/mol. The summed E-state index contributed by atoms with van der Waals surface area (Å²) >= 11 is 1.24. The molecule has 0 aliphatic rings. The first-order valence-electron chi connectivity index (χ1n) is 5.81. The van der Waals surface area contributed by atoms with E-state index in [0.717, 1.165) is 10.4 Å². The summed E-state index contributed by atoms with van der Waals surface area (Å²) in [5, 5.41) is 21.1. The number of nitrogens with zero attached hydrogens (tertiary/aromatic N) is 1. The molecule has 0 aliphatic carbocycles. The van der Waals surface area contributed by atoms with E-state index in [4.69, 9.17) is 0 Å². The van der Waals surface area contributed by atoms with Crippen molar-refractivity contribution in [3.8, 4) is 0 Å². The number of aromatic nitrogens is 2. The van der Waals surface area contributed by atoms with Crippen molar-refractivity contribution in [2.24, 2.45) is 0 Å². The molecule has 0 saturated heterocycles. The van der Waals surface area contributed by atoms with Crippen molar-refractivity contribution in [2.75, 3.05) is 10.6 Å². The van der Waals surface area contributed by atoms with E-state index in [2.05, 4.69) is 20.8 Å². The largest absolute Gasteiger partial charge is 0.478 e. The van der Waals surface area contributed by atoms with Crippen molar-refractivity contribution >= 4 is 34.2 Å². The minimum atomic E-state index is -1.06. The molecule has 0 unspecified atom stereocenters. The first-order valence-corrected chi connectivity index (χ1v) is 6.63. The third-order valence-electron chi connectivity index (χ3n) is 2.89. The summed E-state index contributed by atoms with van der Waals surface area (Å²) in [5.74, 6) is -0.579. The number of nitrogens with one attached hydrogen (secondary N) is 3. The smallest absolute Gasteiger partial charge is 0.338 e. The molecular formula is C12H14N4O3S. The molecule has 2 amide bonds. The third kappa shape index (κ3) is 2.64. The van der Waals surface area contributed by atoms with Crippen molar-refractivity contribution < 1.29 is 14.7 Å². The Labute approximate surface area is 119 Å². The summed E-state index contributed by atoms with van der Waals surface area (Å²) < 4.78 is 0. The van der Waals surface area contributed by atoms with Crippen molar-refractivity contribution in [1.82, 2.24) is 10.2 Å². The lowest BCUT2D eigenvalue weighted by molar-refractivity contribution is 0.0697. The molecule has 0 spiro atoms. The molecule has 0 aromatic carbocycles. The molecule has 2 rings (SSSR count). The van der Waals surface area contributed by atoms with Crippen molar-refractivity contribution in [1.29, 1.82) is 0 Å². The zero-order chi connectivity index (χ0) is 14.9. The quantitative estimate of drug-likeness (QED) is 0.698. The highest BCUT2D eigenvalue weighted by Crippen LogP contribution is 2.32. The highest BCUT2D eigenvalue weighted by molar-refractivity contribution is 7.16. The summed E-state index contributed by atoms with van der Waals surface area (Å²) in [6, 6.07) is -0.513. The summed E-state index contributed by atoms with van der Waals surface area (Å²) in [6.45, 7) is 5.33. The van der Waals surface area contributed by atoms with E-state index in [0.29, 0.717) is 16.4 Å². The van der Waals surface area contributed by atoms with E-state index in [1.165, 1.54) is 11.3 Å². The molecule has 7 nitrogen and oxygen atoms in total. The fourth-order valence-electron chi connectivity index (χ4n) is 1.69. The van der Waals surface area contributed by atoms with Crippen LogP contribution in [0.25, 0.3) is 0 Å². The Morgan fingerprint density at radius 2 is 2.00 bits per heavy atom. The van der Waals surface area contributed by atoms with Crippen LogP contribution in [0.15, 0.2) is 6.20 Å². The van der Waals surface area contributed by atoms with Gasteiger partial charge in [-0.25, -0.2) is 9.59 Å². The zero-order valence-electron chi connectivity index (χ0n) is 11.2. The van der Waals surface area contributed by atoms with Crippen molar-refractivity contribution in [3.05, 3.63) is 27.8 Å². The number of carboxylic acid groups (broad SMARTS) is 1. The number of carbonyl (C=O) groups is 2. The molecule has 0 aliphatic heterocycles. The normalized spacial score (nSPS) is 10.3. The number of rotatable bonds is 3. The van der Waals surface area contributed by atoms with E-state index in [1.807, 2.05) is 6.92 Å². The van der Waals surface area contributed by atoms with Crippen LogP contribution in [0.5, 0.6) is 0 Å². The number of H-pyrrole nitrogens is 1. The highest BCUT2D eigenvalue weighted by atomic mass is 32.1. The molecule has 2 aromatic heterocycles. The SMILES string of the molecule is Cc1cn[nH]c1NC(=O)Nc1sc(C)c(C)c1C(=O)O. The van der Waals surface area contributed by atoms with Gasteiger partial charge in [0.05, 0.1) is 11.8 Å². The Bertz CT molecular complexity index is 674. The number of hydrogen-bond donors (Lipinski definition) is 4. The molecular weight excluding hydrogens is 280 g/mol. The zero-order valence-corrected chi connectivity index (χ0v) is 12.0. The van der Waals surface area contributed by atoms with Gasteiger partial charge in [-0.2, -0.15) is 5.10 Å². The number of aromatic amines is 1. The lowest BCUT2D eigenvalue weighted by Crippen LogP contribution is -2.20. The lowest BCUT2D eigenvalue weighted by Gasteiger charge is -2.06. The summed E-state index contributed by atoms with van der Waals surface area (Å²) in [4.78, 5) is 24.0. The molecule has 2 heterocycles. The van der Waals surface area contributed by atoms with Gasteiger partial charge in [0.1, 0.15) is 10.8 Å². The van der Waals surface area contributed by atoms with Crippen LogP contribution in [0.4, 0.5) is 15.6 Å². The summed E-state index contributed by atoms with van der Waals surface area (Å²) in [7, 11) is 0. The van der Waals surface area contributed by atoms with Crippen LogP contribution >= 0.6 is 11.3 Å². The minimum Gasteiger partial charge on any atom is -0.478 e. The van der Waals surface area contributed by atoms with E-state index < -0.39 is 12.0 Å². The monoisotopic (exact) mass is 294 g/mol. The number of hydrogen-bond acceptors (Lipinski definition) is 4. The number of urea groups is 1. The van der Waals surface area contributed by atoms with Gasteiger partial charge in [0.2, 0.25) is 0 Å². The molecule has 106 valence electrons. The van der Waals surface area contributed by atoms with E-state index in [-0.39, 0.29) is 5.56 Å². The van der Waals surface area contributed by atoms with E-state index in [9.17, 15) is 14.7 Å². The minimum absolute atomic E-state index is 0.129. The summed E-state index contributed by atoms with van der Waals surface area (Å²) in [5.41, 5.74) is 1.58. The van der Waals surface area contributed by atoms with Gasteiger partial charge in [0.15, 0.2) is 0 Å². The first-order chi connectivity index (χ1) is 9.40. The van der Waals surface area contributed by atoms with E-state index in [1.54, 1.807) is 20.0 Å². The van der Waals surface area contributed by atoms with Crippen molar-refractivity contribution in [2.45, 2.75) is 20.8 Å². The number of amides is 2. The highest BCUT2D eigenvalue weighted by Gasteiger charge is 2.20. The van der Waals surface area contributed by atoms with Crippen LogP contribution < -0.4 is 10.6 Å². The summed E-state index contributed by atoms with van der Waals surface area (Å²) in [6.07, 6.45) is 1.58. The van der Waals surface area contributed by atoms with Gasteiger partial charge >= 0.3 is 12.0 Å². The Kier molecular flexibility index (Phi) is 3.75. The molecule has 0 fully saturated rings. The van der Waals surface area contributed by atoms with Gasteiger partial charge in [0, 0.05) is 10.4 Å². The van der Waals surface area contributed by atoms with Crippen LogP contribution in [0.2, 0.25) is 0 Å². The van der Waals surface area contributed by atoms with Gasteiger partial charge in [-0.05, 0) is 26.3 Å². The van der Waals surface area contributed by atoms with Gasteiger partial charge in [-0.1, -0.05) is 0 Å². The first kappa shape index (κ1) is 14.1. The van der Waals surface area contributed by atoms with Crippen LogP contribution in [0, 0.1) is 20.8 Å². The van der Waals surface area contributed by atoms with Gasteiger partial charge in [-0.3, -0.25) is 15.7 Å². The molecule has 4 N–H and O–H groups in total. The molecule has 20 heavy (non-hydrogen) atoms. The second-order valence-electron chi connectivity index (χ2n) is 4.30. The maximum atomic E-state index is 11.9. The fraction of sp³-hybridized carbons (Fsp3) is 0.250. The number of aromatic carboxylic acids is 1. The van der Waals surface area contributed by atoms with E-state index >= 15 is 0 Å². The number of carbonyl (C=O) groups excluding carboxylic acids is 1. The van der Waals surface area contributed by atoms with Crippen molar-refractivity contribution in [3.63, 3.8) is 0 Å². The van der Waals surface area contributed by atoms with Crippen LogP contribution in [0.1, 0.15) is 26.4 Å². The number of carboxylic acids is 1. The van der Waals surface area contributed by atoms with Gasteiger partial charge in [-0.15, -0.1) is 11.3 Å².